The summed E-state index contributed by atoms with van der Waals surface area (Å²) in [7, 11) is 0. The van der Waals surface area contributed by atoms with Crippen LogP contribution in [0, 0.1) is 0 Å². The summed E-state index contributed by atoms with van der Waals surface area (Å²) < 4.78 is 0. The predicted molar refractivity (Wildman–Crippen MR) is 62.8 cm³/mol. The van der Waals surface area contributed by atoms with Crippen LogP contribution in [0.4, 0.5) is 0 Å². The molecule has 1 aliphatic rings. The van der Waals surface area contributed by atoms with Crippen molar-refractivity contribution in [2.45, 2.75) is 64.1 Å². The van der Waals surface area contributed by atoms with Gasteiger partial charge < -0.3 is 16.2 Å². The standard InChI is InChI=1S/C11H23N3O/c1-11(2,3)14-10(12)13-8-6-4-5-7-9(8)15/h8-9,15H,4-7H2,1-3H3,(H3,12,13,14). The Hall–Kier alpha value is -0.770. The molecule has 1 aliphatic carbocycles. The number of aliphatic imine (C=N–C) groups is 1. The van der Waals surface area contributed by atoms with E-state index >= 15 is 0 Å². The minimum absolute atomic E-state index is 0.0198. The van der Waals surface area contributed by atoms with Crippen molar-refractivity contribution in [1.29, 1.82) is 0 Å². The number of hydrogen-bond donors (Lipinski definition) is 3. The van der Waals surface area contributed by atoms with Crippen LogP contribution in [0.1, 0.15) is 46.5 Å². The molecule has 4 heteroatoms. The van der Waals surface area contributed by atoms with E-state index in [1.54, 1.807) is 0 Å². The lowest BCUT2D eigenvalue weighted by atomic mass is 9.93. The van der Waals surface area contributed by atoms with Crippen LogP contribution in [0.3, 0.4) is 0 Å². The summed E-state index contributed by atoms with van der Waals surface area (Å²) in [6.45, 7) is 6.10. The molecule has 88 valence electrons. The highest BCUT2D eigenvalue weighted by Crippen LogP contribution is 2.20. The average molecular weight is 213 g/mol. The van der Waals surface area contributed by atoms with Crippen molar-refractivity contribution in [1.82, 2.24) is 5.32 Å². The van der Waals surface area contributed by atoms with Crippen LogP contribution in [0.25, 0.3) is 0 Å². The topological polar surface area (TPSA) is 70.6 Å². The third-order valence-corrected chi connectivity index (χ3v) is 2.50. The highest BCUT2D eigenvalue weighted by molar-refractivity contribution is 5.78. The van der Waals surface area contributed by atoms with Crippen LogP contribution in [0.15, 0.2) is 4.99 Å². The van der Waals surface area contributed by atoms with E-state index in [0.29, 0.717) is 5.96 Å². The Kier molecular flexibility index (Phi) is 3.97. The van der Waals surface area contributed by atoms with Gasteiger partial charge in [0.15, 0.2) is 5.96 Å². The van der Waals surface area contributed by atoms with Crippen molar-refractivity contribution >= 4 is 5.96 Å². The van der Waals surface area contributed by atoms with Crippen molar-refractivity contribution in [3.8, 4) is 0 Å². The Balaban J connectivity index is 2.53. The van der Waals surface area contributed by atoms with Gasteiger partial charge in [-0.15, -0.1) is 0 Å². The van der Waals surface area contributed by atoms with E-state index in [1.807, 2.05) is 20.8 Å². The van der Waals surface area contributed by atoms with Gasteiger partial charge in [-0.2, -0.15) is 0 Å². The molecule has 0 radical (unpaired) electrons. The van der Waals surface area contributed by atoms with Crippen LogP contribution in [0.2, 0.25) is 0 Å². The fourth-order valence-corrected chi connectivity index (χ4v) is 1.84. The molecule has 0 amide bonds. The second kappa shape index (κ2) is 4.84. The SMILES string of the molecule is CC(C)(C)NC(N)=NC1CCCCC1O. The third kappa shape index (κ3) is 4.51. The first-order valence-electron chi connectivity index (χ1n) is 5.68. The summed E-state index contributed by atoms with van der Waals surface area (Å²) in [5.74, 6) is 0.438. The molecule has 2 unspecified atom stereocenters. The summed E-state index contributed by atoms with van der Waals surface area (Å²) in [4.78, 5) is 4.34. The van der Waals surface area contributed by atoms with Gasteiger partial charge >= 0.3 is 0 Å². The minimum Gasteiger partial charge on any atom is -0.391 e. The first kappa shape index (κ1) is 12.3. The molecule has 4 nitrogen and oxygen atoms in total. The summed E-state index contributed by atoms with van der Waals surface area (Å²) in [5.41, 5.74) is 5.70. The molecule has 1 fully saturated rings. The molecule has 0 spiro atoms. The van der Waals surface area contributed by atoms with E-state index in [-0.39, 0.29) is 17.7 Å². The second-order valence-electron chi connectivity index (χ2n) is 5.31. The first-order valence-corrected chi connectivity index (χ1v) is 5.68. The number of nitrogens with two attached hydrogens (primary N) is 1. The Morgan fingerprint density at radius 2 is 1.93 bits per heavy atom. The number of hydrogen-bond acceptors (Lipinski definition) is 2. The van der Waals surface area contributed by atoms with Crippen molar-refractivity contribution in [2.24, 2.45) is 10.7 Å². The summed E-state index contributed by atoms with van der Waals surface area (Å²) in [6, 6.07) is -0.0198. The molecular weight excluding hydrogens is 190 g/mol. The minimum atomic E-state index is -0.320. The van der Waals surface area contributed by atoms with E-state index in [9.17, 15) is 5.11 Å². The van der Waals surface area contributed by atoms with Crippen LogP contribution in [-0.2, 0) is 0 Å². The van der Waals surface area contributed by atoms with Crippen LogP contribution in [-0.4, -0.2) is 28.8 Å². The van der Waals surface area contributed by atoms with Crippen LogP contribution < -0.4 is 11.1 Å². The van der Waals surface area contributed by atoms with Gasteiger partial charge in [-0.1, -0.05) is 12.8 Å². The number of nitrogens with zero attached hydrogens (tertiary/aromatic N) is 1. The highest BCUT2D eigenvalue weighted by Gasteiger charge is 2.23. The van der Waals surface area contributed by atoms with E-state index in [2.05, 4.69) is 10.3 Å². The fourth-order valence-electron chi connectivity index (χ4n) is 1.84. The first-order chi connectivity index (χ1) is 6.88. The number of rotatable bonds is 1. The zero-order chi connectivity index (χ0) is 11.5. The Morgan fingerprint density at radius 3 is 2.47 bits per heavy atom. The number of aliphatic hydroxyl groups is 1. The largest absolute Gasteiger partial charge is 0.391 e. The van der Waals surface area contributed by atoms with Crippen molar-refractivity contribution < 1.29 is 5.11 Å². The van der Waals surface area contributed by atoms with E-state index in [1.165, 1.54) is 0 Å². The molecule has 2 atom stereocenters. The van der Waals surface area contributed by atoms with E-state index in [4.69, 9.17) is 5.73 Å². The molecule has 1 saturated carbocycles. The van der Waals surface area contributed by atoms with E-state index < -0.39 is 0 Å². The molecular formula is C11H23N3O. The Bertz CT molecular complexity index is 232. The average Bonchev–Trinajstić information content (AvgIpc) is 2.05. The molecule has 0 aromatic rings. The molecule has 0 aromatic heterocycles. The zero-order valence-electron chi connectivity index (χ0n) is 9.95. The number of aliphatic hydroxyl groups excluding tert-OH is 1. The molecule has 15 heavy (non-hydrogen) atoms. The maximum absolute atomic E-state index is 9.73. The predicted octanol–water partition coefficient (Wildman–Crippen LogP) is 0.993. The lowest BCUT2D eigenvalue weighted by molar-refractivity contribution is 0.109. The van der Waals surface area contributed by atoms with Crippen LogP contribution >= 0.6 is 0 Å². The smallest absolute Gasteiger partial charge is 0.189 e. The zero-order valence-corrected chi connectivity index (χ0v) is 9.95. The van der Waals surface area contributed by atoms with Crippen molar-refractivity contribution in [2.75, 3.05) is 0 Å². The van der Waals surface area contributed by atoms with Crippen molar-refractivity contribution in [3.05, 3.63) is 0 Å². The molecule has 0 aliphatic heterocycles. The molecule has 1 rings (SSSR count). The van der Waals surface area contributed by atoms with Gasteiger partial charge in [0, 0.05) is 5.54 Å². The molecule has 0 heterocycles. The second-order valence-corrected chi connectivity index (χ2v) is 5.31. The monoisotopic (exact) mass is 213 g/mol. The number of guanidine groups is 1. The van der Waals surface area contributed by atoms with Gasteiger partial charge in [-0.25, -0.2) is 4.99 Å². The van der Waals surface area contributed by atoms with Gasteiger partial charge in [0.1, 0.15) is 0 Å². The number of nitrogens with one attached hydrogen (secondary N) is 1. The fraction of sp³-hybridized carbons (Fsp3) is 0.909. The normalized spacial score (nSPS) is 28.9. The Morgan fingerprint density at radius 1 is 1.33 bits per heavy atom. The van der Waals surface area contributed by atoms with Gasteiger partial charge in [0.2, 0.25) is 0 Å². The summed E-state index contributed by atoms with van der Waals surface area (Å²) in [5, 5.41) is 12.8. The maximum Gasteiger partial charge on any atom is 0.189 e. The third-order valence-electron chi connectivity index (χ3n) is 2.50. The van der Waals surface area contributed by atoms with Gasteiger partial charge in [-0.05, 0) is 33.6 Å². The van der Waals surface area contributed by atoms with Gasteiger partial charge in [-0.3, -0.25) is 0 Å². The van der Waals surface area contributed by atoms with Gasteiger partial charge in [0.25, 0.3) is 0 Å². The highest BCUT2D eigenvalue weighted by atomic mass is 16.3. The summed E-state index contributed by atoms with van der Waals surface area (Å²) >= 11 is 0. The molecule has 0 saturated heterocycles. The Labute approximate surface area is 92.0 Å². The quantitative estimate of drug-likeness (QED) is 0.449. The van der Waals surface area contributed by atoms with Crippen molar-refractivity contribution in [3.63, 3.8) is 0 Å². The van der Waals surface area contributed by atoms with Crippen LogP contribution in [0.5, 0.6) is 0 Å². The molecule has 0 bridgehead atoms. The molecule has 0 aromatic carbocycles. The summed E-state index contributed by atoms with van der Waals surface area (Å²) in [6.07, 6.45) is 3.69. The van der Waals surface area contributed by atoms with Gasteiger partial charge in [0.05, 0.1) is 12.1 Å². The lowest BCUT2D eigenvalue weighted by Gasteiger charge is -2.26. The lowest BCUT2D eigenvalue weighted by Crippen LogP contribution is -2.46. The van der Waals surface area contributed by atoms with E-state index in [0.717, 1.165) is 25.7 Å². The molecule has 4 N–H and O–H groups in total. The maximum atomic E-state index is 9.73.